The van der Waals surface area contributed by atoms with Crippen LogP contribution in [0, 0.1) is 0 Å². The Kier molecular flexibility index (Phi) is 9.80. The number of benzene rings is 1. The first-order valence-electron chi connectivity index (χ1n) is 11.4. The second-order valence-corrected chi connectivity index (χ2v) is 9.26. The molecule has 1 fully saturated rings. The zero-order valence-electron chi connectivity index (χ0n) is 18.8. The third-order valence-corrected chi connectivity index (χ3v) is 7.13. The van der Waals surface area contributed by atoms with Gasteiger partial charge in [-0.05, 0) is 55.3 Å². The van der Waals surface area contributed by atoms with E-state index in [1.165, 1.54) is 28.8 Å². The SMILES string of the molecule is CCNC(=NCC(=O)N1CCc2sccc2C1)NCC1CCCN1Cc1ccccc1.I. The van der Waals surface area contributed by atoms with E-state index >= 15 is 0 Å². The molecule has 3 heterocycles. The molecule has 1 aromatic heterocycles. The number of rotatable bonds is 7. The summed E-state index contributed by atoms with van der Waals surface area (Å²) in [6, 6.07) is 13.3. The molecule has 1 aromatic carbocycles. The summed E-state index contributed by atoms with van der Waals surface area (Å²) in [6.45, 7) is 7.49. The molecule has 1 saturated heterocycles. The van der Waals surface area contributed by atoms with Crippen molar-refractivity contribution in [1.82, 2.24) is 20.4 Å². The smallest absolute Gasteiger partial charge is 0.244 e. The van der Waals surface area contributed by atoms with Gasteiger partial charge in [0.05, 0.1) is 0 Å². The summed E-state index contributed by atoms with van der Waals surface area (Å²) in [7, 11) is 0. The number of hydrogen-bond acceptors (Lipinski definition) is 4. The van der Waals surface area contributed by atoms with Crippen molar-refractivity contribution in [1.29, 1.82) is 0 Å². The lowest BCUT2D eigenvalue weighted by molar-refractivity contribution is -0.130. The molecule has 174 valence electrons. The van der Waals surface area contributed by atoms with Gasteiger partial charge in [-0.2, -0.15) is 0 Å². The monoisotopic (exact) mass is 567 g/mol. The minimum atomic E-state index is 0. The van der Waals surface area contributed by atoms with Crippen molar-refractivity contribution >= 4 is 47.2 Å². The zero-order chi connectivity index (χ0) is 21.5. The molecule has 1 unspecified atom stereocenters. The number of nitrogens with zero attached hydrogens (tertiary/aromatic N) is 3. The maximum atomic E-state index is 12.7. The Morgan fingerprint density at radius 3 is 2.84 bits per heavy atom. The molecule has 2 aliphatic rings. The van der Waals surface area contributed by atoms with Gasteiger partial charge in [0, 0.05) is 43.6 Å². The summed E-state index contributed by atoms with van der Waals surface area (Å²) in [5.41, 5.74) is 2.65. The summed E-state index contributed by atoms with van der Waals surface area (Å²) in [6.07, 6.45) is 3.37. The van der Waals surface area contributed by atoms with Crippen molar-refractivity contribution in [2.75, 3.05) is 32.7 Å². The van der Waals surface area contributed by atoms with E-state index in [-0.39, 0.29) is 36.4 Å². The molecule has 1 atom stereocenters. The van der Waals surface area contributed by atoms with E-state index in [9.17, 15) is 4.79 Å². The summed E-state index contributed by atoms with van der Waals surface area (Å²) in [4.78, 5) is 23.2. The Bertz CT molecular complexity index is 888. The number of guanidine groups is 1. The quantitative estimate of drug-likeness (QED) is 0.306. The van der Waals surface area contributed by atoms with Crippen LogP contribution in [0.3, 0.4) is 0 Å². The van der Waals surface area contributed by atoms with Gasteiger partial charge in [-0.1, -0.05) is 30.3 Å². The molecule has 0 saturated carbocycles. The van der Waals surface area contributed by atoms with E-state index in [2.05, 4.69) is 69.2 Å². The predicted molar refractivity (Wildman–Crippen MR) is 143 cm³/mol. The lowest BCUT2D eigenvalue weighted by Crippen LogP contribution is -2.45. The highest BCUT2D eigenvalue weighted by Crippen LogP contribution is 2.24. The Morgan fingerprint density at radius 1 is 1.19 bits per heavy atom. The minimum absolute atomic E-state index is 0. The van der Waals surface area contributed by atoms with Gasteiger partial charge in [0.15, 0.2) is 5.96 Å². The molecule has 2 N–H and O–H groups in total. The maximum Gasteiger partial charge on any atom is 0.244 e. The molecule has 0 spiro atoms. The topological polar surface area (TPSA) is 60.0 Å². The third-order valence-electron chi connectivity index (χ3n) is 6.11. The van der Waals surface area contributed by atoms with Crippen LogP contribution in [-0.2, 0) is 24.3 Å². The van der Waals surface area contributed by atoms with Crippen molar-refractivity contribution in [3.63, 3.8) is 0 Å². The summed E-state index contributed by atoms with van der Waals surface area (Å²) in [5, 5.41) is 8.89. The van der Waals surface area contributed by atoms with E-state index in [1.807, 2.05) is 4.90 Å². The summed E-state index contributed by atoms with van der Waals surface area (Å²) < 4.78 is 0. The molecule has 0 radical (unpaired) electrons. The van der Waals surface area contributed by atoms with Crippen molar-refractivity contribution in [3.8, 4) is 0 Å². The fourth-order valence-corrected chi connectivity index (χ4v) is 5.31. The minimum Gasteiger partial charge on any atom is -0.357 e. The van der Waals surface area contributed by atoms with Crippen molar-refractivity contribution in [2.45, 2.75) is 45.3 Å². The van der Waals surface area contributed by atoms with Crippen LogP contribution in [-0.4, -0.2) is 60.4 Å². The number of carbonyl (C=O) groups excluding carboxylic acids is 1. The highest BCUT2D eigenvalue weighted by molar-refractivity contribution is 14.0. The zero-order valence-corrected chi connectivity index (χ0v) is 21.9. The molecule has 0 bridgehead atoms. The van der Waals surface area contributed by atoms with Crippen molar-refractivity contribution < 1.29 is 4.79 Å². The molecule has 0 aliphatic carbocycles. The molecule has 1 amide bonds. The molecule has 2 aromatic rings. The Hall–Kier alpha value is -1.65. The number of amides is 1. The van der Waals surface area contributed by atoms with Crippen molar-refractivity contribution in [3.05, 3.63) is 57.8 Å². The van der Waals surface area contributed by atoms with Crippen LogP contribution in [0.1, 0.15) is 35.8 Å². The van der Waals surface area contributed by atoms with Gasteiger partial charge in [0.2, 0.25) is 5.91 Å². The van der Waals surface area contributed by atoms with E-state index in [4.69, 9.17) is 0 Å². The van der Waals surface area contributed by atoms with Crippen LogP contribution in [0.15, 0.2) is 46.8 Å². The van der Waals surface area contributed by atoms with E-state index in [1.54, 1.807) is 11.3 Å². The highest BCUT2D eigenvalue weighted by atomic mass is 127. The molecule has 4 rings (SSSR count). The van der Waals surface area contributed by atoms with Crippen LogP contribution in [0.4, 0.5) is 0 Å². The van der Waals surface area contributed by atoms with E-state index in [0.717, 1.165) is 45.1 Å². The lowest BCUT2D eigenvalue weighted by atomic mass is 10.1. The number of likely N-dealkylation sites (tertiary alicyclic amines) is 1. The predicted octanol–water partition coefficient (Wildman–Crippen LogP) is 3.47. The maximum absolute atomic E-state index is 12.7. The fraction of sp³-hybridized carbons (Fsp3) is 0.500. The number of carbonyl (C=O) groups is 1. The molecule has 6 nitrogen and oxygen atoms in total. The van der Waals surface area contributed by atoms with E-state index in [0.29, 0.717) is 12.6 Å². The number of fused-ring (bicyclic) bond motifs is 1. The Labute approximate surface area is 212 Å². The molecular formula is C24H34IN5OS. The Balaban J connectivity index is 0.00000289. The number of halogens is 1. The van der Waals surface area contributed by atoms with Crippen molar-refractivity contribution in [2.24, 2.45) is 4.99 Å². The van der Waals surface area contributed by atoms with Gasteiger partial charge in [0.25, 0.3) is 0 Å². The average Bonchev–Trinajstić information content (AvgIpc) is 3.45. The van der Waals surface area contributed by atoms with Gasteiger partial charge in [-0.3, -0.25) is 9.69 Å². The van der Waals surface area contributed by atoms with Gasteiger partial charge < -0.3 is 15.5 Å². The van der Waals surface area contributed by atoms with Crippen LogP contribution >= 0.6 is 35.3 Å². The molecule has 32 heavy (non-hydrogen) atoms. The summed E-state index contributed by atoms with van der Waals surface area (Å²) in [5.74, 6) is 0.830. The first kappa shape index (κ1) is 25.0. The third kappa shape index (κ3) is 6.68. The molecule has 2 aliphatic heterocycles. The first-order chi connectivity index (χ1) is 15.2. The number of thiophene rings is 1. The fourth-order valence-electron chi connectivity index (χ4n) is 4.42. The standard InChI is InChI=1S/C24H33N5OS.HI/c1-2-25-24(27-16-23(30)29-13-10-22-20(18-29)11-14-31-22)26-15-21-9-6-12-28(21)17-19-7-4-3-5-8-19;/h3-5,7-8,11,14,21H,2,6,9-10,12-13,15-18H2,1H3,(H2,25,26,27);1H. The van der Waals surface area contributed by atoms with Crippen LogP contribution in [0.5, 0.6) is 0 Å². The molecular weight excluding hydrogens is 533 g/mol. The Morgan fingerprint density at radius 2 is 2.03 bits per heavy atom. The average molecular weight is 568 g/mol. The highest BCUT2D eigenvalue weighted by Gasteiger charge is 2.25. The first-order valence-corrected chi connectivity index (χ1v) is 12.2. The van der Waals surface area contributed by atoms with Gasteiger partial charge in [0.1, 0.15) is 6.54 Å². The van der Waals surface area contributed by atoms with Gasteiger partial charge >= 0.3 is 0 Å². The normalized spacial score (nSPS) is 18.7. The number of aliphatic imine (C=N–C) groups is 1. The lowest BCUT2D eigenvalue weighted by Gasteiger charge is -2.27. The second-order valence-electron chi connectivity index (χ2n) is 8.26. The summed E-state index contributed by atoms with van der Waals surface area (Å²) >= 11 is 1.79. The van der Waals surface area contributed by atoms with Gasteiger partial charge in [-0.15, -0.1) is 35.3 Å². The number of hydrogen-bond donors (Lipinski definition) is 2. The molecule has 8 heteroatoms. The van der Waals surface area contributed by atoms with E-state index < -0.39 is 0 Å². The van der Waals surface area contributed by atoms with Gasteiger partial charge in [-0.25, -0.2) is 4.99 Å². The number of nitrogens with one attached hydrogen (secondary N) is 2. The second kappa shape index (κ2) is 12.6. The van der Waals surface area contributed by atoms with Crippen LogP contribution in [0.2, 0.25) is 0 Å². The van der Waals surface area contributed by atoms with Crippen LogP contribution in [0.25, 0.3) is 0 Å². The van der Waals surface area contributed by atoms with Crippen LogP contribution < -0.4 is 10.6 Å². The largest absolute Gasteiger partial charge is 0.357 e.